The number of aromatic nitrogens is 1. The van der Waals surface area contributed by atoms with Gasteiger partial charge in [-0.1, -0.05) is 6.92 Å². The third-order valence-corrected chi connectivity index (χ3v) is 3.08. The maximum Gasteiger partial charge on any atom is 0.141 e. The first-order valence-corrected chi connectivity index (χ1v) is 5.55. The number of nitrogens with zero attached hydrogens (tertiary/aromatic N) is 1. The first-order chi connectivity index (χ1) is 7.33. The van der Waals surface area contributed by atoms with Crippen molar-refractivity contribution in [3.8, 4) is 5.75 Å². The molecule has 1 saturated heterocycles. The second kappa shape index (κ2) is 4.62. The molecule has 1 aromatic heterocycles. The summed E-state index contributed by atoms with van der Waals surface area (Å²) in [4.78, 5) is 4.44. The van der Waals surface area contributed by atoms with Gasteiger partial charge in [-0.25, -0.2) is 0 Å². The second-order valence-electron chi connectivity index (χ2n) is 4.14. The summed E-state index contributed by atoms with van der Waals surface area (Å²) < 4.78 is 5.34. The Bertz CT molecular complexity index is 327. The first kappa shape index (κ1) is 10.4. The number of nitrogens with one attached hydrogen (secondary N) is 1. The molecule has 0 aliphatic carbocycles. The quantitative estimate of drug-likeness (QED) is 0.805. The van der Waals surface area contributed by atoms with E-state index in [1.54, 1.807) is 7.11 Å². The molecule has 0 saturated carbocycles. The summed E-state index contributed by atoms with van der Waals surface area (Å²) in [5.74, 6) is 1.52. The minimum absolute atomic E-state index is 0.342. The largest absolute Gasteiger partial charge is 0.495 e. The fourth-order valence-corrected chi connectivity index (χ4v) is 2.22. The van der Waals surface area contributed by atoms with Gasteiger partial charge in [0.25, 0.3) is 0 Å². The van der Waals surface area contributed by atoms with Crippen LogP contribution in [0.5, 0.6) is 5.75 Å². The number of methoxy groups -OCH3 is 1. The van der Waals surface area contributed by atoms with Crippen molar-refractivity contribution in [2.75, 3.05) is 13.7 Å². The zero-order chi connectivity index (χ0) is 10.7. The fraction of sp³-hybridized carbons (Fsp3) is 0.583. The Balaban J connectivity index is 2.26. The van der Waals surface area contributed by atoms with Crippen LogP contribution in [0.1, 0.15) is 31.5 Å². The van der Waals surface area contributed by atoms with Gasteiger partial charge in [0, 0.05) is 6.20 Å². The molecule has 1 aliphatic heterocycles. The molecule has 2 atom stereocenters. The Morgan fingerprint density at radius 2 is 2.40 bits per heavy atom. The highest BCUT2D eigenvalue weighted by atomic mass is 16.5. The molecule has 3 heteroatoms. The molecule has 1 N–H and O–H groups in total. The molecule has 15 heavy (non-hydrogen) atoms. The normalized spacial score (nSPS) is 26.3. The van der Waals surface area contributed by atoms with Gasteiger partial charge in [-0.2, -0.15) is 0 Å². The van der Waals surface area contributed by atoms with Gasteiger partial charge in [-0.3, -0.25) is 4.98 Å². The summed E-state index contributed by atoms with van der Waals surface area (Å²) in [6.07, 6.45) is 4.35. The monoisotopic (exact) mass is 206 g/mol. The number of pyridine rings is 1. The molecule has 82 valence electrons. The van der Waals surface area contributed by atoms with Gasteiger partial charge < -0.3 is 10.1 Å². The zero-order valence-electron chi connectivity index (χ0n) is 9.36. The van der Waals surface area contributed by atoms with Crippen LogP contribution in [0.15, 0.2) is 18.3 Å². The standard InChI is InChI=1S/C12H18N2O/c1-9-5-3-7-13-11(9)12-10(15-2)6-4-8-14-12/h4,6,8-9,11,13H,3,5,7H2,1-2H3. The number of rotatable bonds is 2. The van der Waals surface area contributed by atoms with E-state index in [4.69, 9.17) is 4.74 Å². The lowest BCUT2D eigenvalue weighted by atomic mass is 9.90. The number of hydrogen-bond acceptors (Lipinski definition) is 3. The van der Waals surface area contributed by atoms with E-state index < -0.39 is 0 Å². The maximum absolute atomic E-state index is 5.34. The second-order valence-corrected chi connectivity index (χ2v) is 4.14. The van der Waals surface area contributed by atoms with E-state index in [-0.39, 0.29) is 0 Å². The van der Waals surface area contributed by atoms with E-state index in [2.05, 4.69) is 17.2 Å². The summed E-state index contributed by atoms with van der Waals surface area (Å²) in [6, 6.07) is 4.23. The average molecular weight is 206 g/mol. The van der Waals surface area contributed by atoms with Crippen LogP contribution in [-0.4, -0.2) is 18.6 Å². The fourth-order valence-electron chi connectivity index (χ4n) is 2.22. The SMILES string of the molecule is COc1cccnc1C1NCCCC1C. The molecule has 1 fully saturated rings. The minimum atomic E-state index is 0.342. The summed E-state index contributed by atoms with van der Waals surface area (Å²) in [5.41, 5.74) is 1.05. The van der Waals surface area contributed by atoms with Gasteiger partial charge in [0.1, 0.15) is 5.75 Å². The lowest BCUT2D eigenvalue weighted by Crippen LogP contribution is -2.33. The molecule has 0 amide bonds. The maximum atomic E-state index is 5.34. The first-order valence-electron chi connectivity index (χ1n) is 5.55. The molecule has 2 heterocycles. The predicted octanol–water partition coefficient (Wildman–Crippen LogP) is 2.15. The minimum Gasteiger partial charge on any atom is -0.495 e. The summed E-state index contributed by atoms with van der Waals surface area (Å²) in [6.45, 7) is 3.35. The lowest BCUT2D eigenvalue weighted by Gasteiger charge is -2.30. The van der Waals surface area contributed by atoms with Crippen LogP contribution >= 0.6 is 0 Å². The van der Waals surface area contributed by atoms with Crippen LogP contribution < -0.4 is 10.1 Å². The van der Waals surface area contributed by atoms with Crippen LogP contribution in [0.25, 0.3) is 0 Å². The molecule has 0 radical (unpaired) electrons. The van der Waals surface area contributed by atoms with Crippen LogP contribution in [-0.2, 0) is 0 Å². The summed E-state index contributed by atoms with van der Waals surface area (Å²) >= 11 is 0. The van der Waals surface area contributed by atoms with Crippen molar-refractivity contribution in [2.24, 2.45) is 5.92 Å². The summed E-state index contributed by atoms with van der Waals surface area (Å²) in [7, 11) is 1.70. The topological polar surface area (TPSA) is 34.1 Å². The Kier molecular flexibility index (Phi) is 3.21. The van der Waals surface area contributed by atoms with Crippen LogP contribution in [0.3, 0.4) is 0 Å². The number of piperidine rings is 1. The highest BCUT2D eigenvalue weighted by Crippen LogP contribution is 2.32. The van der Waals surface area contributed by atoms with E-state index in [1.165, 1.54) is 12.8 Å². The van der Waals surface area contributed by atoms with Gasteiger partial charge in [0.15, 0.2) is 0 Å². The Hall–Kier alpha value is -1.09. The van der Waals surface area contributed by atoms with Gasteiger partial charge in [0.05, 0.1) is 18.8 Å². The highest BCUT2D eigenvalue weighted by Gasteiger charge is 2.25. The van der Waals surface area contributed by atoms with Gasteiger partial charge in [-0.05, 0) is 37.4 Å². The Labute approximate surface area is 90.9 Å². The molecule has 1 aromatic rings. The van der Waals surface area contributed by atoms with E-state index in [0.29, 0.717) is 12.0 Å². The molecular weight excluding hydrogens is 188 g/mol. The highest BCUT2D eigenvalue weighted by molar-refractivity contribution is 5.30. The molecule has 2 rings (SSSR count). The predicted molar refractivity (Wildman–Crippen MR) is 59.9 cm³/mol. The van der Waals surface area contributed by atoms with E-state index in [1.807, 2.05) is 18.3 Å². The van der Waals surface area contributed by atoms with Gasteiger partial charge in [-0.15, -0.1) is 0 Å². The molecular formula is C12H18N2O. The van der Waals surface area contributed by atoms with E-state index in [9.17, 15) is 0 Å². The van der Waals surface area contributed by atoms with Crippen molar-refractivity contribution < 1.29 is 4.74 Å². The van der Waals surface area contributed by atoms with Crippen molar-refractivity contribution in [1.82, 2.24) is 10.3 Å². The van der Waals surface area contributed by atoms with Crippen molar-refractivity contribution in [1.29, 1.82) is 0 Å². The van der Waals surface area contributed by atoms with Crippen molar-refractivity contribution in [2.45, 2.75) is 25.8 Å². The third kappa shape index (κ3) is 2.12. The van der Waals surface area contributed by atoms with Crippen molar-refractivity contribution in [3.63, 3.8) is 0 Å². The smallest absolute Gasteiger partial charge is 0.141 e. The Morgan fingerprint density at radius 3 is 3.13 bits per heavy atom. The lowest BCUT2D eigenvalue weighted by molar-refractivity contribution is 0.289. The Morgan fingerprint density at radius 1 is 1.53 bits per heavy atom. The van der Waals surface area contributed by atoms with Crippen molar-refractivity contribution in [3.05, 3.63) is 24.0 Å². The molecule has 0 aromatic carbocycles. The van der Waals surface area contributed by atoms with E-state index >= 15 is 0 Å². The number of ether oxygens (including phenoxy) is 1. The molecule has 0 spiro atoms. The molecule has 2 unspecified atom stereocenters. The zero-order valence-corrected chi connectivity index (χ0v) is 9.36. The molecule has 3 nitrogen and oxygen atoms in total. The average Bonchev–Trinajstić information content (AvgIpc) is 2.30. The van der Waals surface area contributed by atoms with Gasteiger partial charge >= 0.3 is 0 Å². The third-order valence-electron chi connectivity index (χ3n) is 3.08. The van der Waals surface area contributed by atoms with Crippen LogP contribution in [0, 0.1) is 5.92 Å². The van der Waals surface area contributed by atoms with Gasteiger partial charge in [0.2, 0.25) is 0 Å². The summed E-state index contributed by atoms with van der Waals surface area (Å²) in [5, 5.41) is 3.52. The van der Waals surface area contributed by atoms with Crippen LogP contribution in [0.2, 0.25) is 0 Å². The van der Waals surface area contributed by atoms with Crippen molar-refractivity contribution >= 4 is 0 Å². The molecule has 1 aliphatic rings. The molecule has 0 bridgehead atoms. The number of hydrogen-bond donors (Lipinski definition) is 1. The van der Waals surface area contributed by atoms with E-state index in [0.717, 1.165) is 18.0 Å². The van der Waals surface area contributed by atoms with Crippen LogP contribution in [0.4, 0.5) is 0 Å².